The first-order valence-electron chi connectivity index (χ1n) is 1.49. The third-order valence-electron chi connectivity index (χ3n) is 0.246. The molecule has 0 rings (SSSR count). The van der Waals surface area contributed by atoms with E-state index in [1.54, 1.807) is 11.9 Å². The van der Waals surface area contributed by atoms with Crippen molar-refractivity contribution in [1.82, 2.24) is 4.72 Å². The van der Waals surface area contributed by atoms with Crippen molar-refractivity contribution in [3.63, 3.8) is 0 Å². The predicted molar refractivity (Wildman–Crippen MR) is 26.9 cm³/mol. The first kappa shape index (κ1) is 5.31. The molecule has 0 aliphatic rings. The van der Waals surface area contributed by atoms with Crippen LogP contribution in [-0.4, -0.2) is 12.8 Å². The summed E-state index contributed by atoms with van der Waals surface area (Å²) in [4.78, 5) is 0. The molecule has 0 aromatic heterocycles. The Balaban J connectivity index is 2.19. The summed E-state index contributed by atoms with van der Waals surface area (Å²) < 4.78 is 2.87. The molecule has 0 atom stereocenters. The van der Waals surface area contributed by atoms with Gasteiger partial charge in [-0.15, -0.1) is 0 Å². The Hall–Kier alpha value is 0.310. The standard InChI is InChI=1S/C3H8NS/c1-3-5-4-2/h4H,1,3H2,2H3. The smallest absolute Gasteiger partial charge is 0.00788 e. The number of hydrogen-bond donors (Lipinski definition) is 1. The van der Waals surface area contributed by atoms with E-state index in [0.29, 0.717) is 0 Å². The van der Waals surface area contributed by atoms with E-state index in [2.05, 4.69) is 11.6 Å². The normalized spacial score (nSPS) is 8.40. The van der Waals surface area contributed by atoms with Gasteiger partial charge in [0.05, 0.1) is 0 Å². The lowest BCUT2D eigenvalue weighted by atomic mass is 11.0. The van der Waals surface area contributed by atoms with Gasteiger partial charge in [-0.2, -0.15) is 0 Å². The van der Waals surface area contributed by atoms with Crippen molar-refractivity contribution in [2.75, 3.05) is 12.8 Å². The van der Waals surface area contributed by atoms with Gasteiger partial charge in [0.2, 0.25) is 0 Å². The van der Waals surface area contributed by atoms with Gasteiger partial charge in [-0.05, 0) is 14.0 Å². The van der Waals surface area contributed by atoms with Crippen molar-refractivity contribution in [1.29, 1.82) is 0 Å². The minimum atomic E-state index is 0.899. The van der Waals surface area contributed by atoms with Crippen molar-refractivity contribution in [2.24, 2.45) is 0 Å². The van der Waals surface area contributed by atoms with Crippen LogP contribution in [0.15, 0.2) is 0 Å². The zero-order valence-corrected chi connectivity index (χ0v) is 4.14. The summed E-state index contributed by atoms with van der Waals surface area (Å²) in [6, 6.07) is 0. The Bertz CT molecular complexity index is 14.4. The van der Waals surface area contributed by atoms with Crippen LogP contribution in [0.5, 0.6) is 0 Å². The fourth-order valence-corrected chi connectivity index (χ4v) is 0.306. The lowest BCUT2D eigenvalue weighted by Gasteiger charge is -1.84. The van der Waals surface area contributed by atoms with Crippen molar-refractivity contribution in [3.05, 3.63) is 6.92 Å². The van der Waals surface area contributed by atoms with Crippen LogP contribution in [0.2, 0.25) is 0 Å². The predicted octanol–water partition coefficient (Wildman–Crippen LogP) is 0.688. The molecule has 0 heterocycles. The Kier molecular flexibility index (Phi) is 4.58. The van der Waals surface area contributed by atoms with Crippen LogP contribution in [-0.2, 0) is 0 Å². The number of nitrogens with one attached hydrogen (secondary N) is 1. The van der Waals surface area contributed by atoms with E-state index in [0.717, 1.165) is 5.75 Å². The molecular weight excluding hydrogens is 82.1 g/mol. The molecule has 0 amide bonds. The van der Waals surface area contributed by atoms with Gasteiger partial charge in [0.25, 0.3) is 0 Å². The summed E-state index contributed by atoms with van der Waals surface area (Å²) in [5.41, 5.74) is 0. The third-order valence-corrected chi connectivity index (χ3v) is 0.739. The summed E-state index contributed by atoms with van der Waals surface area (Å²) in [6.45, 7) is 3.58. The van der Waals surface area contributed by atoms with E-state index in [1.165, 1.54) is 0 Å². The van der Waals surface area contributed by atoms with Gasteiger partial charge in [-0.3, -0.25) is 4.72 Å². The van der Waals surface area contributed by atoms with E-state index in [9.17, 15) is 0 Å². The van der Waals surface area contributed by atoms with Crippen molar-refractivity contribution < 1.29 is 0 Å². The molecule has 1 N–H and O–H groups in total. The van der Waals surface area contributed by atoms with Gasteiger partial charge in [-0.25, -0.2) is 0 Å². The summed E-state index contributed by atoms with van der Waals surface area (Å²) in [5, 5.41) is 0. The quantitative estimate of drug-likeness (QED) is 0.501. The first-order valence-corrected chi connectivity index (χ1v) is 2.48. The lowest BCUT2D eigenvalue weighted by Crippen LogP contribution is -1.89. The first-order chi connectivity index (χ1) is 2.41. The Labute approximate surface area is 37.3 Å². The number of rotatable bonds is 2. The molecule has 0 unspecified atom stereocenters. The largest absolute Gasteiger partial charge is 0.267 e. The molecular formula is C3H8NS. The maximum absolute atomic E-state index is 3.58. The maximum Gasteiger partial charge on any atom is 0.00788 e. The summed E-state index contributed by atoms with van der Waals surface area (Å²) >= 11 is 1.60. The highest BCUT2D eigenvalue weighted by atomic mass is 32.2. The second-order valence-electron chi connectivity index (χ2n) is 0.553. The Morgan fingerprint density at radius 2 is 2.60 bits per heavy atom. The fraction of sp³-hybridized carbons (Fsp3) is 0.667. The van der Waals surface area contributed by atoms with Crippen LogP contribution in [0.1, 0.15) is 0 Å². The molecule has 0 bridgehead atoms. The van der Waals surface area contributed by atoms with Gasteiger partial charge >= 0.3 is 0 Å². The second kappa shape index (κ2) is 4.31. The molecule has 0 fully saturated rings. The highest BCUT2D eigenvalue weighted by Crippen LogP contribution is 1.83. The van der Waals surface area contributed by atoms with Crippen LogP contribution in [0.3, 0.4) is 0 Å². The maximum atomic E-state index is 3.58. The molecule has 5 heavy (non-hydrogen) atoms. The van der Waals surface area contributed by atoms with Crippen LogP contribution < -0.4 is 4.72 Å². The molecule has 0 spiro atoms. The topological polar surface area (TPSA) is 12.0 Å². The van der Waals surface area contributed by atoms with E-state index in [4.69, 9.17) is 0 Å². The lowest BCUT2D eigenvalue weighted by molar-refractivity contribution is 1.30. The average Bonchev–Trinajstić information content (AvgIpc) is 1.41. The van der Waals surface area contributed by atoms with E-state index < -0.39 is 0 Å². The molecule has 0 saturated heterocycles. The van der Waals surface area contributed by atoms with Gasteiger partial charge in [0, 0.05) is 5.75 Å². The zero-order valence-electron chi connectivity index (χ0n) is 3.32. The zero-order chi connectivity index (χ0) is 4.12. The monoisotopic (exact) mass is 90.0 g/mol. The minimum absolute atomic E-state index is 0.899. The molecule has 31 valence electrons. The van der Waals surface area contributed by atoms with E-state index >= 15 is 0 Å². The molecule has 0 aliphatic heterocycles. The molecule has 1 nitrogen and oxygen atoms in total. The van der Waals surface area contributed by atoms with Crippen LogP contribution in [0.4, 0.5) is 0 Å². The van der Waals surface area contributed by atoms with E-state index in [-0.39, 0.29) is 0 Å². The molecule has 0 aromatic carbocycles. The van der Waals surface area contributed by atoms with Gasteiger partial charge in [0.15, 0.2) is 0 Å². The summed E-state index contributed by atoms with van der Waals surface area (Å²) in [5.74, 6) is 0.899. The molecule has 0 aliphatic carbocycles. The highest BCUT2D eigenvalue weighted by Gasteiger charge is 1.65. The third kappa shape index (κ3) is 4.31. The Morgan fingerprint density at radius 1 is 2.00 bits per heavy atom. The van der Waals surface area contributed by atoms with Gasteiger partial charge < -0.3 is 0 Å². The second-order valence-corrected chi connectivity index (χ2v) is 1.66. The summed E-state index contributed by atoms with van der Waals surface area (Å²) in [7, 11) is 1.88. The van der Waals surface area contributed by atoms with Crippen molar-refractivity contribution >= 4 is 11.9 Å². The van der Waals surface area contributed by atoms with Crippen LogP contribution >= 0.6 is 11.9 Å². The highest BCUT2D eigenvalue weighted by molar-refractivity contribution is 7.97. The van der Waals surface area contributed by atoms with Crippen LogP contribution in [0, 0.1) is 6.92 Å². The fourth-order valence-electron chi connectivity index (χ4n) is 0.102. The van der Waals surface area contributed by atoms with E-state index in [1.807, 2.05) is 7.05 Å². The SMILES string of the molecule is [CH2]CSNC. The number of hydrogen-bond acceptors (Lipinski definition) is 2. The molecule has 0 aromatic rings. The van der Waals surface area contributed by atoms with Crippen molar-refractivity contribution in [2.45, 2.75) is 0 Å². The summed E-state index contributed by atoms with van der Waals surface area (Å²) in [6.07, 6.45) is 0. The Morgan fingerprint density at radius 3 is 2.60 bits per heavy atom. The molecule has 2 heteroatoms. The van der Waals surface area contributed by atoms with Crippen LogP contribution in [0.25, 0.3) is 0 Å². The minimum Gasteiger partial charge on any atom is -0.267 e. The van der Waals surface area contributed by atoms with Crippen molar-refractivity contribution in [3.8, 4) is 0 Å². The molecule has 0 saturated carbocycles. The van der Waals surface area contributed by atoms with Gasteiger partial charge in [-0.1, -0.05) is 11.9 Å². The molecule has 1 radical (unpaired) electrons. The average molecular weight is 90.2 g/mol. The van der Waals surface area contributed by atoms with Gasteiger partial charge in [0.1, 0.15) is 0 Å².